The quantitative estimate of drug-likeness (QED) is 0.475. The average Bonchev–Trinajstić information content (AvgIpc) is 2.77. The maximum atomic E-state index is 12.5. The van der Waals surface area contributed by atoms with E-state index in [1.165, 1.54) is 0 Å². The van der Waals surface area contributed by atoms with Crippen molar-refractivity contribution in [1.82, 2.24) is 4.98 Å². The molecule has 2 aromatic rings. The van der Waals surface area contributed by atoms with E-state index in [1.807, 2.05) is 46.8 Å². The van der Waals surface area contributed by atoms with E-state index in [-0.39, 0.29) is 11.4 Å². The van der Waals surface area contributed by atoms with Crippen LogP contribution >= 0.6 is 0 Å². The molecule has 1 unspecified atom stereocenters. The lowest BCUT2D eigenvalue weighted by molar-refractivity contribution is -0.160. The lowest BCUT2D eigenvalue weighted by Gasteiger charge is -2.42. The van der Waals surface area contributed by atoms with Gasteiger partial charge in [0, 0.05) is 35.6 Å². The van der Waals surface area contributed by atoms with E-state index in [0.717, 1.165) is 35.3 Å². The van der Waals surface area contributed by atoms with Crippen LogP contribution in [0.25, 0.3) is 11.1 Å². The number of aromatic nitrogens is 1. The zero-order chi connectivity index (χ0) is 26.0. The number of benzene rings is 1. The molecule has 7 nitrogen and oxygen atoms in total. The molecule has 0 saturated carbocycles. The summed E-state index contributed by atoms with van der Waals surface area (Å²) in [6, 6.07) is 6.94. The van der Waals surface area contributed by atoms with Crippen molar-refractivity contribution in [1.29, 1.82) is 0 Å². The van der Waals surface area contributed by atoms with Gasteiger partial charge in [0.1, 0.15) is 5.75 Å². The molecule has 2 N–H and O–H groups in total. The summed E-state index contributed by atoms with van der Waals surface area (Å²) in [4.78, 5) is 19.5. The molecule has 1 aliphatic rings. The highest BCUT2D eigenvalue weighted by Crippen LogP contribution is 2.44. The van der Waals surface area contributed by atoms with Crippen molar-refractivity contribution >= 4 is 11.7 Å². The lowest BCUT2D eigenvalue weighted by atomic mass is 9.89. The number of hydrogen-bond donors (Lipinski definition) is 2. The Hall–Kier alpha value is -2.90. The van der Waals surface area contributed by atoms with Crippen LogP contribution in [-0.2, 0) is 14.3 Å². The van der Waals surface area contributed by atoms with Gasteiger partial charge in [0.2, 0.25) is 0 Å². The van der Waals surface area contributed by atoms with Gasteiger partial charge in [-0.15, -0.1) is 6.58 Å². The Bertz CT molecular complexity index is 1060. The molecule has 3 rings (SSSR count). The van der Waals surface area contributed by atoms with Gasteiger partial charge in [-0.3, -0.25) is 4.98 Å². The van der Waals surface area contributed by atoms with Gasteiger partial charge in [-0.25, -0.2) is 4.79 Å². The molecule has 7 heteroatoms. The largest absolute Gasteiger partial charge is 0.508 e. The van der Waals surface area contributed by atoms with Crippen molar-refractivity contribution in [3.63, 3.8) is 0 Å². The van der Waals surface area contributed by atoms with Crippen LogP contribution in [0.5, 0.6) is 5.75 Å². The highest BCUT2D eigenvalue weighted by atomic mass is 16.5. The number of carboxylic acid groups (broad SMARTS) is 1. The molecular weight excluding hydrogens is 444 g/mol. The molecule has 1 aromatic carbocycles. The van der Waals surface area contributed by atoms with Crippen LogP contribution in [0.15, 0.2) is 36.9 Å². The minimum absolute atomic E-state index is 0.167. The van der Waals surface area contributed by atoms with Crippen LogP contribution in [0.1, 0.15) is 63.6 Å². The standard InChI is InChI=1S/C28H38N2O5/c1-8-17-34-28(7)13-15-30(16-14-28)24-22(20-9-11-21(31)12-10-20)18(2)29-19(3)23(24)25(26(32)33)35-27(4,5)6/h8-12,25,31H,1,13-17H2,2-7H3,(H,32,33). The summed E-state index contributed by atoms with van der Waals surface area (Å²) in [5.74, 6) is -0.886. The summed E-state index contributed by atoms with van der Waals surface area (Å²) < 4.78 is 12.2. The summed E-state index contributed by atoms with van der Waals surface area (Å²) in [5.41, 5.74) is 3.59. The van der Waals surface area contributed by atoms with Crippen LogP contribution in [0, 0.1) is 13.8 Å². The number of pyridine rings is 1. The normalized spacial score (nSPS) is 16.7. The van der Waals surface area contributed by atoms with E-state index in [0.29, 0.717) is 31.0 Å². The Labute approximate surface area is 208 Å². The number of phenols is 1. The first-order valence-corrected chi connectivity index (χ1v) is 12.1. The van der Waals surface area contributed by atoms with Gasteiger partial charge in [0.15, 0.2) is 6.10 Å². The second-order valence-corrected chi connectivity index (χ2v) is 10.5. The molecule has 190 valence electrons. The molecule has 35 heavy (non-hydrogen) atoms. The minimum atomic E-state index is -1.18. The van der Waals surface area contributed by atoms with Crippen LogP contribution in [0.3, 0.4) is 0 Å². The van der Waals surface area contributed by atoms with Crippen LogP contribution in [0.4, 0.5) is 5.69 Å². The summed E-state index contributed by atoms with van der Waals surface area (Å²) in [6.07, 6.45) is 2.15. The molecular formula is C28H38N2O5. The van der Waals surface area contributed by atoms with Gasteiger partial charge >= 0.3 is 5.97 Å². The van der Waals surface area contributed by atoms with Crippen molar-refractivity contribution in [3.8, 4) is 16.9 Å². The van der Waals surface area contributed by atoms with Crippen molar-refractivity contribution in [3.05, 3.63) is 53.9 Å². The minimum Gasteiger partial charge on any atom is -0.508 e. The average molecular weight is 483 g/mol. The molecule has 1 aromatic heterocycles. The van der Waals surface area contributed by atoms with Crippen molar-refractivity contribution in [2.75, 3.05) is 24.6 Å². The number of piperidine rings is 1. The predicted molar refractivity (Wildman–Crippen MR) is 138 cm³/mol. The van der Waals surface area contributed by atoms with E-state index in [1.54, 1.807) is 18.2 Å². The highest BCUT2D eigenvalue weighted by molar-refractivity contribution is 5.88. The fourth-order valence-corrected chi connectivity index (χ4v) is 4.66. The lowest BCUT2D eigenvalue weighted by Crippen LogP contribution is -2.45. The first-order valence-electron chi connectivity index (χ1n) is 12.1. The molecule has 1 atom stereocenters. The molecule has 0 spiro atoms. The topological polar surface area (TPSA) is 92.1 Å². The van der Waals surface area contributed by atoms with E-state index < -0.39 is 17.7 Å². The third kappa shape index (κ3) is 6.21. The number of aryl methyl sites for hydroxylation is 2. The molecule has 0 bridgehead atoms. The maximum absolute atomic E-state index is 12.5. The zero-order valence-electron chi connectivity index (χ0n) is 21.7. The number of carboxylic acids is 1. The molecule has 0 aliphatic carbocycles. The smallest absolute Gasteiger partial charge is 0.337 e. The Morgan fingerprint density at radius 1 is 1.20 bits per heavy atom. The van der Waals surface area contributed by atoms with Crippen LogP contribution in [-0.4, -0.2) is 52.1 Å². The van der Waals surface area contributed by atoms with E-state index in [2.05, 4.69) is 18.4 Å². The summed E-state index contributed by atoms with van der Waals surface area (Å²) in [6.45, 7) is 17.1. The Kier molecular flexibility index (Phi) is 7.92. The van der Waals surface area contributed by atoms with Gasteiger partial charge in [-0.2, -0.15) is 0 Å². The summed E-state index contributed by atoms with van der Waals surface area (Å²) in [5, 5.41) is 20.1. The van der Waals surface area contributed by atoms with Gasteiger partial charge in [-0.05, 0) is 72.1 Å². The summed E-state index contributed by atoms with van der Waals surface area (Å²) >= 11 is 0. The second-order valence-electron chi connectivity index (χ2n) is 10.5. The van der Waals surface area contributed by atoms with E-state index in [4.69, 9.17) is 14.5 Å². The van der Waals surface area contributed by atoms with Crippen LogP contribution < -0.4 is 4.90 Å². The van der Waals surface area contributed by atoms with Crippen LogP contribution in [0.2, 0.25) is 0 Å². The molecule has 0 radical (unpaired) electrons. The number of aromatic hydroxyl groups is 1. The SMILES string of the molecule is C=CCOC1(C)CCN(c2c(-c3ccc(O)cc3)c(C)nc(C)c2C(OC(C)(C)C)C(=O)O)CC1. The van der Waals surface area contributed by atoms with E-state index in [9.17, 15) is 15.0 Å². The fraction of sp³-hybridized carbons (Fsp3) is 0.500. The number of ether oxygens (including phenoxy) is 2. The number of anilines is 1. The third-order valence-electron chi connectivity index (χ3n) is 6.38. The maximum Gasteiger partial charge on any atom is 0.337 e. The Morgan fingerprint density at radius 2 is 1.80 bits per heavy atom. The number of rotatable bonds is 8. The predicted octanol–water partition coefficient (Wildman–Crippen LogP) is 5.57. The fourth-order valence-electron chi connectivity index (χ4n) is 4.66. The zero-order valence-corrected chi connectivity index (χ0v) is 21.7. The number of phenolic OH excluding ortho intramolecular Hbond substituents is 1. The molecule has 0 amide bonds. The molecule has 1 aliphatic heterocycles. The third-order valence-corrected chi connectivity index (χ3v) is 6.38. The molecule has 1 fully saturated rings. The van der Waals surface area contributed by atoms with Gasteiger partial charge in [0.05, 0.1) is 23.5 Å². The van der Waals surface area contributed by atoms with Crippen molar-refractivity contribution < 1.29 is 24.5 Å². The van der Waals surface area contributed by atoms with Gasteiger partial charge in [0.25, 0.3) is 0 Å². The first kappa shape index (κ1) is 26.7. The number of nitrogens with zero attached hydrogens (tertiary/aromatic N) is 2. The Balaban J connectivity index is 2.20. The van der Waals surface area contributed by atoms with Gasteiger partial charge < -0.3 is 24.6 Å². The highest BCUT2D eigenvalue weighted by Gasteiger charge is 2.37. The van der Waals surface area contributed by atoms with Crippen molar-refractivity contribution in [2.24, 2.45) is 0 Å². The summed E-state index contributed by atoms with van der Waals surface area (Å²) in [7, 11) is 0. The molecule has 1 saturated heterocycles. The monoisotopic (exact) mass is 482 g/mol. The van der Waals surface area contributed by atoms with E-state index >= 15 is 0 Å². The van der Waals surface area contributed by atoms with Crippen molar-refractivity contribution in [2.45, 2.75) is 71.7 Å². The number of carbonyl (C=O) groups is 1. The van der Waals surface area contributed by atoms with Gasteiger partial charge in [-0.1, -0.05) is 18.2 Å². The second kappa shape index (κ2) is 10.4. The first-order chi connectivity index (χ1) is 16.3. The number of hydrogen-bond acceptors (Lipinski definition) is 6. The molecule has 2 heterocycles. The Morgan fingerprint density at radius 3 is 2.31 bits per heavy atom. The number of aliphatic carboxylic acids is 1.